The Kier molecular flexibility index (Phi) is 8.57. The number of nitrogens with zero attached hydrogens (tertiary/aromatic N) is 6. The topological polar surface area (TPSA) is 140 Å². The zero-order valence-corrected chi connectivity index (χ0v) is 22.5. The van der Waals surface area contributed by atoms with Crippen molar-refractivity contribution in [1.29, 1.82) is 0 Å². The van der Waals surface area contributed by atoms with Gasteiger partial charge in [-0.15, -0.1) is 33.2 Å². The molecule has 5 rings (SSSR count). The van der Waals surface area contributed by atoms with E-state index in [4.69, 9.17) is 27.6 Å². The van der Waals surface area contributed by atoms with Crippen molar-refractivity contribution < 1.29 is 33.6 Å². The third-order valence-corrected chi connectivity index (χ3v) is 8.13. The fourth-order valence-corrected chi connectivity index (χ4v) is 6.14. The maximum Gasteiger partial charge on any atom is 0.283 e. The number of thiazole rings is 1. The summed E-state index contributed by atoms with van der Waals surface area (Å²) in [6, 6.07) is 2.34. The van der Waals surface area contributed by atoms with Crippen LogP contribution in [0.3, 0.4) is 0 Å². The largest absolute Gasteiger partial charge is 0.503 e. The van der Waals surface area contributed by atoms with Crippen LogP contribution >= 0.6 is 34.7 Å². The van der Waals surface area contributed by atoms with Crippen LogP contribution in [0.4, 0.5) is 14.6 Å². The normalized spacial score (nSPS) is 22.8. The Morgan fingerprint density at radius 2 is 2.02 bits per heavy atom. The minimum absolute atomic E-state index is 0.0365. The summed E-state index contributed by atoms with van der Waals surface area (Å²) in [5.41, 5.74) is -0.512. The van der Waals surface area contributed by atoms with Crippen LogP contribution in [0, 0.1) is 18.2 Å². The number of benzene rings is 1. The number of rotatable bonds is 8. The van der Waals surface area contributed by atoms with Gasteiger partial charge in [-0.25, -0.2) is 18.4 Å². The quantitative estimate of drug-likeness (QED) is 0.252. The second-order valence-electron chi connectivity index (χ2n) is 8.52. The van der Waals surface area contributed by atoms with Crippen LogP contribution in [-0.4, -0.2) is 70.6 Å². The Bertz CT molecular complexity index is 1520. The molecule has 2 unspecified atom stereocenters. The highest BCUT2D eigenvalue weighted by Gasteiger charge is 2.48. The first kappa shape index (κ1) is 28.3. The maximum absolute atomic E-state index is 14.0. The van der Waals surface area contributed by atoms with Crippen molar-refractivity contribution in [3.63, 3.8) is 0 Å². The van der Waals surface area contributed by atoms with Gasteiger partial charge in [0, 0.05) is 16.5 Å². The molecule has 1 fully saturated rings. The lowest BCUT2D eigenvalue weighted by atomic mass is 9.97. The van der Waals surface area contributed by atoms with Gasteiger partial charge in [-0.1, -0.05) is 23.4 Å². The molecule has 0 bridgehead atoms. The third kappa shape index (κ3) is 5.79. The molecular formula is C24H19ClF2N6O5S2. The first-order valence-corrected chi connectivity index (χ1v) is 13.7. The molecule has 0 spiro atoms. The van der Waals surface area contributed by atoms with Gasteiger partial charge >= 0.3 is 0 Å². The zero-order chi connectivity index (χ0) is 28.4. The molecule has 5 atom stereocenters. The SMILES string of the molecule is [C-]#[N+]c1ncc(Cl)cc1S[C@H]1OC(CO)[C@H](O)[C@H](n2cc(-c3nccs3)nn2)C1OCc1cc(F)c(O)c(F)c1. The lowest BCUT2D eigenvalue weighted by molar-refractivity contribution is -0.196. The lowest BCUT2D eigenvalue weighted by Gasteiger charge is -2.44. The fraction of sp³-hybridized carbons (Fsp3) is 0.292. The molecule has 0 saturated carbocycles. The first-order chi connectivity index (χ1) is 19.3. The van der Waals surface area contributed by atoms with E-state index >= 15 is 0 Å². The second-order valence-corrected chi connectivity index (χ2v) is 11.0. The fourth-order valence-electron chi connectivity index (χ4n) is 4.11. The molecule has 3 N–H and O–H groups in total. The summed E-state index contributed by atoms with van der Waals surface area (Å²) in [5.74, 6) is -3.42. The smallest absolute Gasteiger partial charge is 0.283 e. The summed E-state index contributed by atoms with van der Waals surface area (Å²) in [7, 11) is 0. The van der Waals surface area contributed by atoms with Gasteiger partial charge in [0.2, 0.25) is 0 Å². The Hall–Kier alpha value is -3.23. The van der Waals surface area contributed by atoms with E-state index < -0.39 is 53.8 Å². The van der Waals surface area contributed by atoms with Crippen LogP contribution in [0.5, 0.6) is 5.75 Å². The summed E-state index contributed by atoms with van der Waals surface area (Å²) >= 11 is 8.47. The molecule has 11 nitrogen and oxygen atoms in total. The number of hydrogen-bond acceptors (Lipinski definition) is 11. The molecule has 1 aromatic carbocycles. The molecule has 3 aromatic heterocycles. The zero-order valence-electron chi connectivity index (χ0n) is 20.1. The Morgan fingerprint density at radius 1 is 1.25 bits per heavy atom. The molecule has 0 radical (unpaired) electrons. The molecule has 4 aromatic rings. The van der Waals surface area contributed by atoms with Gasteiger partial charge < -0.3 is 29.6 Å². The molecule has 0 aliphatic carbocycles. The van der Waals surface area contributed by atoms with Gasteiger partial charge in [-0.3, -0.25) is 0 Å². The number of aliphatic hydroxyl groups excluding tert-OH is 2. The van der Waals surface area contributed by atoms with E-state index in [-0.39, 0.29) is 23.0 Å². The van der Waals surface area contributed by atoms with E-state index in [0.717, 1.165) is 23.9 Å². The van der Waals surface area contributed by atoms with Crippen molar-refractivity contribution in [2.75, 3.05) is 6.61 Å². The van der Waals surface area contributed by atoms with Crippen LogP contribution < -0.4 is 0 Å². The summed E-state index contributed by atoms with van der Waals surface area (Å²) in [4.78, 5) is 12.0. The van der Waals surface area contributed by atoms with E-state index in [1.807, 2.05) is 0 Å². The molecule has 1 aliphatic rings. The molecule has 1 saturated heterocycles. The number of aromatic hydroxyl groups is 1. The van der Waals surface area contributed by atoms with Crippen LogP contribution in [0.2, 0.25) is 5.02 Å². The van der Waals surface area contributed by atoms with Crippen molar-refractivity contribution >= 4 is 40.5 Å². The number of pyridine rings is 1. The summed E-state index contributed by atoms with van der Waals surface area (Å²) < 4.78 is 41.5. The second kappa shape index (κ2) is 12.1. The van der Waals surface area contributed by atoms with E-state index in [2.05, 4.69) is 25.1 Å². The molecule has 0 amide bonds. The minimum atomic E-state index is -1.36. The van der Waals surface area contributed by atoms with Crippen LogP contribution in [0.1, 0.15) is 11.6 Å². The summed E-state index contributed by atoms with van der Waals surface area (Å²) in [5, 5.41) is 41.6. The van der Waals surface area contributed by atoms with E-state index in [1.54, 1.807) is 17.8 Å². The Balaban J connectivity index is 1.54. The number of ether oxygens (including phenoxy) is 2. The van der Waals surface area contributed by atoms with Crippen molar-refractivity contribution in [2.24, 2.45) is 0 Å². The minimum Gasteiger partial charge on any atom is -0.503 e. The van der Waals surface area contributed by atoms with Gasteiger partial charge in [-0.2, -0.15) is 0 Å². The van der Waals surface area contributed by atoms with Gasteiger partial charge in [0.05, 0.1) is 24.4 Å². The van der Waals surface area contributed by atoms with Crippen molar-refractivity contribution in [3.8, 4) is 16.5 Å². The van der Waals surface area contributed by atoms with Gasteiger partial charge in [0.1, 0.15) is 46.7 Å². The van der Waals surface area contributed by atoms with Gasteiger partial charge in [0.25, 0.3) is 5.82 Å². The van der Waals surface area contributed by atoms with Crippen LogP contribution in [-0.2, 0) is 16.1 Å². The standard InChI is InChI=1S/C24H19ClF2N6O5S2/c1-28-22-17(6-12(25)7-30-22)40-24-21(37-10-11-4-13(26)19(35)14(27)5-11)18(20(36)16(9-34)38-24)33-8-15(31-32-33)23-29-2-3-39-23/h2-8,16,18,20-21,24,34-36H,9-10H2/t16?,18-,20-,21?,24+/m0/s1. The number of hydrogen-bond donors (Lipinski definition) is 3. The van der Waals surface area contributed by atoms with Crippen molar-refractivity contribution in [2.45, 2.75) is 41.3 Å². The average Bonchev–Trinajstić information content (AvgIpc) is 3.64. The van der Waals surface area contributed by atoms with E-state index in [0.29, 0.717) is 15.6 Å². The summed E-state index contributed by atoms with van der Waals surface area (Å²) in [6.07, 6.45) is 0.945. The highest BCUT2D eigenvalue weighted by molar-refractivity contribution is 8.00. The van der Waals surface area contributed by atoms with E-state index in [1.165, 1.54) is 28.3 Å². The molecular weight excluding hydrogens is 590 g/mol. The number of aliphatic hydroxyl groups is 2. The number of thioether (sulfide) groups is 1. The monoisotopic (exact) mass is 608 g/mol. The predicted molar refractivity (Wildman–Crippen MR) is 140 cm³/mol. The number of phenols is 1. The Morgan fingerprint density at radius 3 is 2.70 bits per heavy atom. The van der Waals surface area contributed by atoms with Crippen molar-refractivity contribution in [1.82, 2.24) is 25.0 Å². The number of phenolic OH excluding ortho intramolecular Hbond substituents is 1. The summed E-state index contributed by atoms with van der Waals surface area (Å²) in [6.45, 7) is 6.54. The first-order valence-electron chi connectivity index (χ1n) is 11.5. The van der Waals surface area contributed by atoms with Gasteiger partial charge in [0.15, 0.2) is 17.4 Å². The molecule has 40 heavy (non-hydrogen) atoms. The molecule has 1 aliphatic heterocycles. The van der Waals surface area contributed by atoms with Crippen molar-refractivity contribution in [3.05, 3.63) is 75.8 Å². The highest BCUT2D eigenvalue weighted by atomic mass is 35.5. The lowest BCUT2D eigenvalue weighted by Crippen LogP contribution is -2.55. The average molecular weight is 609 g/mol. The number of halogens is 3. The van der Waals surface area contributed by atoms with E-state index in [9.17, 15) is 24.1 Å². The molecule has 4 heterocycles. The predicted octanol–water partition coefficient (Wildman–Crippen LogP) is 3.98. The van der Waals surface area contributed by atoms with Crippen LogP contribution in [0.15, 0.2) is 47.1 Å². The third-order valence-electron chi connectivity index (χ3n) is 5.96. The molecule has 16 heteroatoms. The maximum atomic E-state index is 14.0. The Labute approximate surface area is 238 Å². The van der Waals surface area contributed by atoms with Crippen LogP contribution in [0.25, 0.3) is 15.5 Å². The van der Waals surface area contributed by atoms with Gasteiger partial charge in [-0.05, 0) is 23.8 Å². The number of aromatic nitrogens is 5. The highest BCUT2D eigenvalue weighted by Crippen LogP contribution is 2.43. The molecule has 208 valence electrons.